The molecule has 1 fully saturated rings. The van der Waals surface area contributed by atoms with Gasteiger partial charge in [0.25, 0.3) is 0 Å². The molecule has 1 aromatic carbocycles. The van der Waals surface area contributed by atoms with Gasteiger partial charge in [0.05, 0.1) is 17.3 Å². The van der Waals surface area contributed by atoms with Crippen LogP contribution in [0.5, 0.6) is 0 Å². The van der Waals surface area contributed by atoms with Crippen LogP contribution >= 0.6 is 0 Å². The van der Waals surface area contributed by atoms with E-state index in [4.69, 9.17) is 0 Å². The number of nitrogens with zero attached hydrogens (tertiary/aromatic N) is 3. The summed E-state index contributed by atoms with van der Waals surface area (Å²) in [6, 6.07) is 7.57. The van der Waals surface area contributed by atoms with Crippen molar-refractivity contribution in [3.8, 4) is 5.69 Å². The van der Waals surface area contributed by atoms with Gasteiger partial charge in [-0.05, 0) is 25.1 Å². The third-order valence-corrected chi connectivity index (χ3v) is 3.26. The van der Waals surface area contributed by atoms with E-state index >= 15 is 0 Å². The van der Waals surface area contributed by atoms with Crippen LogP contribution in [0.25, 0.3) is 5.69 Å². The summed E-state index contributed by atoms with van der Waals surface area (Å²) in [4.78, 5) is 16.1. The second-order valence-corrected chi connectivity index (χ2v) is 4.54. The Morgan fingerprint density at radius 2 is 2.32 bits per heavy atom. The lowest BCUT2D eigenvalue weighted by Gasteiger charge is -2.13. The number of benzene rings is 1. The summed E-state index contributed by atoms with van der Waals surface area (Å²) in [5.74, 6) is 0.0985. The van der Waals surface area contributed by atoms with Gasteiger partial charge in [0.15, 0.2) is 0 Å². The molecule has 0 radical (unpaired) electrons. The molecule has 0 spiro atoms. The van der Waals surface area contributed by atoms with E-state index in [0.29, 0.717) is 0 Å². The fourth-order valence-electron chi connectivity index (χ4n) is 2.22. The molecule has 1 unspecified atom stereocenters. The van der Waals surface area contributed by atoms with Gasteiger partial charge < -0.3 is 10.6 Å². The highest BCUT2D eigenvalue weighted by atomic mass is 16.1. The first-order valence-electron chi connectivity index (χ1n) is 6.30. The number of hydrogen-bond acceptors (Lipinski definition) is 4. The molecule has 2 heterocycles. The summed E-state index contributed by atoms with van der Waals surface area (Å²) in [6.45, 7) is 1.65. The lowest BCUT2D eigenvalue weighted by Crippen LogP contribution is -2.25. The maximum absolute atomic E-state index is 12.1. The van der Waals surface area contributed by atoms with Crippen molar-refractivity contribution >= 4 is 11.6 Å². The van der Waals surface area contributed by atoms with Crippen LogP contribution in [-0.4, -0.2) is 33.8 Å². The van der Waals surface area contributed by atoms with Crippen LogP contribution in [0.2, 0.25) is 0 Å². The van der Waals surface area contributed by atoms with Gasteiger partial charge in [-0.1, -0.05) is 12.1 Å². The van der Waals surface area contributed by atoms with Crippen molar-refractivity contribution in [2.24, 2.45) is 5.92 Å². The minimum absolute atomic E-state index is 0.0452. The predicted molar refractivity (Wildman–Crippen MR) is 71.0 cm³/mol. The van der Waals surface area contributed by atoms with Crippen LogP contribution in [0.15, 0.2) is 36.9 Å². The molecule has 0 saturated carbocycles. The molecule has 1 aliphatic rings. The maximum Gasteiger partial charge on any atom is 0.228 e. The number of rotatable bonds is 3. The Morgan fingerprint density at radius 3 is 3.05 bits per heavy atom. The zero-order chi connectivity index (χ0) is 13.1. The van der Waals surface area contributed by atoms with Crippen molar-refractivity contribution in [2.75, 3.05) is 18.4 Å². The first-order valence-corrected chi connectivity index (χ1v) is 6.30. The summed E-state index contributed by atoms with van der Waals surface area (Å²) in [5, 5.41) is 10.3. The number of carbonyl (C=O) groups excluding carboxylic acids is 1. The van der Waals surface area contributed by atoms with E-state index in [1.54, 1.807) is 11.0 Å². The van der Waals surface area contributed by atoms with E-state index in [2.05, 4.69) is 20.7 Å². The van der Waals surface area contributed by atoms with E-state index in [9.17, 15) is 4.79 Å². The topological polar surface area (TPSA) is 71.8 Å². The van der Waals surface area contributed by atoms with Crippen molar-refractivity contribution in [3.05, 3.63) is 36.9 Å². The standard InChI is InChI=1S/C13H15N5O/c19-13(10-5-6-14-7-10)17-11-3-1-2-4-12(11)18-9-15-8-16-18/h1-4,8-10,14H,5-7H2,(H,17,19). The average Bonchev–Trinajstić information content (AvgIpc) is 3.13. The van der Waals surface area contributed by atoms with Crippen LogP contribution in [0.1, 0.15) is 6.42 Å². The Bertz CT molecular complexity index is 560. The number of hydrogen-bond donors (Lipinski definition) is 2. The Labute approximate surface area is 110 Å². The molecule has 0 aliphatic carbocycles. The molecular weight excluding hydrogens is 242 g/mol. The predicted octanol–water partition coefficient (Wildman–Crippen LogP) is 0.815. The molecule has 1 saturated heterocycles. The second kappa shape index (κ2) is 5.19. The maximum atomic E-state index is 12.1. The van der Waals surface area contributed by atoms with Gasteiger partial charge in [-0.15, -0.1) is 0 Å². The number of nitrogens with one attached hydrogen (secondary N) is 2. The molecule has 2 N–H and O–H groups in total. The quantitative estimate of drug-likeness (QED) is 0.853. The second-order valence-electron chi connectivity index (χ2n) is 4.54. The van der Waals surface area contributed by atoms with Crippen molar-refractivity contribution in [3.63, 3.8) is 0 Å². The molecule has 3 rings (SSSR count). The molecule has 98 valence electrons. The van der Waals surface area contributed by atoms with Crippen LogP contribution in [0, 0.1) is 5.92 Å². The number of amides is 1. The molecule has 1 aromatic heterocycles. The van der Waals surface area contributed by atoms with Crippen LogP contribution in [0.3, 0.4) is 0 Å². The summed E-state index contributed by atoms with van der Waals surface area (Å²) in [5.41, 5.74) is 1.57. The number of anilines is 1. The Morgan fingerprint density at radius 1 is 1.42 bits per heavy atom. The minimum Gasteiger partial charge on any atom is -0.324 e. The van der Waals surface area contributed by atoms with Crippen LogP contribution in [-0.2, 0) is 4.79 Å². The Kier molecular flexibility index (Phi) is 3.24. The third-order valence-electron chi connectivity index (χ3n) is 3.26. The number of carbonyl (C=O) groups is 1. The van der Waals surface area contributed by atoms with Gasteiger partial charge in [0, 0.05) is 6.54 Å². The molecule has 1 aliphatic heterocycles. The Hall–Kier alpha value is -2.21. The first-order chi connectivity index (χ1) is 9.34. The first kappa shape index (κ1) is 11.9. The fourth-order valence-corrected chi connectivity index (χ4v) is 2.22. The van der Waals surface area contributed by atoms with Gasteiger partial charge in [-0.3, -0.25) is 4.79 Å². The summed E-state index contributed by atoms with van der Waals surface area (Å²) in [6.07, 6.45) is 3.97. The highest BCUT2D eigenvalue weighted by Crippen LogP contribution is 2.20. The fraction of sp³-hybridized carbons (Fsp3) is 0.308. The zero-order valence-corrected chi connectivity index (χ0v) is 10.4. The van der Waals surface area contributed by atoms with E-state index in [1.807, 2.05) is 24.3 Å². The highest BCUT2D eigenvalue weighted by molar-refractivity contribution is 5.94. The lowest BCUT2D eigenvalue weighted by atomic mass is 10.1. The smallest absolute Gasteiger partial charge is 0.228 e. The van der Waals surface area contributed by atoms with Gasteiger partial charge in [0.1, 0.15) is 12.7 Å². The van der Waals surface area contributed by atoms with Gasteiger partial charge in [0.2, 0.25) is 5.91 Å². The van der Waals surface area contributed by atoms with Crippen molar-refractivity contribution in [2.45, 2.75) is 6.42 Å². The molecule has 6 nitrogen and oxygen atoms in total. The van der Waals surface area contributed by atoms with Crippen molar-refractivity contribution in [1.29, 1.82) is 0 Å². The average molecular weight is 257 g/mol. The monoisotopic (exact) mass is 257 g/mol. The summed E-state index contributed by atoms with van der Waals surface area (Å²) >= 11 is 0. The molecule has 0 bridgehead atoms. The molecule has 6 heteroatoms. The van der Waals surface area contributed by atoms with Gasteiger partial charge in [-0.2, -0.15) is 5.10 Å². The summed E-state index contributed by atoms with van der Waals surface area (Å²) < 4.78 is 1.64. The highest BCUT2D eigenvalue weighted by Gasteiger charge is 2.23. The van der Waals surface area contributed by atoms with Gasteiger partial charge in [-0.25, -0.2) is 9.67 Å². The van der Waals surface area contributed by atoms with Crippen molar-refractivity contribution < 1.29 is 4.79 Å². The van der Waals surface area contributed by atoms with E-state index in [0.717, 1.165) is 30.9 Å². The number of aromatic nitrogens is 3. The molecular formula is C13H15N5O. The van der Waals surface area contributed by atoms with Crippen LogP contribution < -0.4 is 10.6 Å². The van der Waals surface area contributed by atoms with Gasteiger partial charge >= 0.3 is 0 Å². The molecule has 19 heavy (non-hydrogen) atoms. The van der Waals surface area contributed by atoms with E-state index < -0.39 is 0 Å². The molecule has 1 amide bonds. The SMILES string of the molecule is O=C(Nc1ccccc1-n1cncn1)C1CCNC1. The Balaban J connectivity index is 1.83. The number of para-hydroxylation sites is 2. The normalized spacial score (nSPS) is 18.4. The molecule has 1 atom stereocenters. The van der Waals surface area contributed by atoms with E-state index in [-0.39, 0.29) is 11.8 Å². The minimum atomic E-state index is 0.0452. The molecule has 2 aromatic rings. The third kappa shape index (κ3) is 2.48. The largest absolute Gasteiger partial charge is 0.324 e. The van der Waals surface area contributed by atoms with E-state index in [1.165, 1.54) is 6.33 Å². The lowest BCUT2D eigenvalue weighted by molar-refractivity contribution is -0.119. The van der Waals surface area contributed by atoms with Crippen molar-refractivity contribution in [1.82, 2.24) is 20.1 Å². The zero-order valence-electron chi connectivity index (χ0n) is 10.4. The summed E-state index contributed by atoms with van der Waals surface area (Å²) in [7, 11) is 0. The van der Waals surface area contributed by atoms with Crippen LogP contribution in [0.4, 0.5) is 5.69 Å².